The molecule has 0 amide bonds. The van der Waals surface area contributed by atoms with E-state index in [0.29, 0.717) is 29.1 Å². The minimum absolute atomic E-state index is 0.0208. The van der Waals surface area contributed by atoms with Crippen LogP contribution in [-0.2, 0) is 6.54 Å². The molecule has 3 aromatic rings. The Kier molecular flexibility index (Phi) is 6.85. The molecule has 2 aromatic carbocycles. The number of nitro benzene ring substituents is 1. The van der Waals surface area contributed by atoms with Crippen molar-refractivity contribution in [1.82, 2.24) is 9.99 Å². The lowest BCUT2D eigenvalue weighted by atomic mass is 10.0. The molecule has 1 aromatic heterocycles. The van der Waals surface area contributed by atoms with E-state index in [9.17, 15) is 10.1 Å². The van der Waals surface area contributed by atoms with Gasteiger partial charge in [0.05, 0.1) is 28.4 Å². The summed E-state index contributed by atoms with van der Waals surface area (Å²) in [5.41, 5.74) is 10.5. The molecule has 1 fully saturated rings. The van der Waals surface area contributed by atoms with Crippen LogP contribution in [0.2, 0.25) is 0 Å². The van der Waals surface area contributed by atoms with Gasteiger partial charge in [0.15, 0.2) is 0 Å². The second-order valence-electron chi connectivity index (χ2n) is 8.18. The molecule has 0 bridgehead atoms. The molecule has 1 aliphatic rings. The lowest BCUT2D eigenvalue weighted by Crippen LogP contribution is -2.29. The fraction of sp³-hybridized carbons (Fsp3) is 0.240. The van der Waals surface area contributed by atoms with E-state index in [1.807, 2.05) is 42.5 Å². The molecular formula is C25H28N6O2. The molecule has 0 spiro atoms. The maximum Gasteiger partial charge on any atom is 0.278 e. The van der Waals surface area contributed by atoms with Crippen LogP contribution in [0.15, 0.2) is 73.1 Å². The van der Waals surface area contributed by atoms with Gasteiger partial charge in [-0.15, -0.1) is 0 Å². The molecule has 1 saturated heterocycles. The van der Waals surface area contributed by atoms with Crippen molar-refractivity contribution in [2.45, 2.75) is 25.8 Å². The molecule has 2 heterocycles. The van der Waals surface area contributed by atoms with Crippen LogP contribution in [0.3, 0.4) is 0 Å². The van der Waals surface area contributed by atoms with Crippen LogP contribution in [0.5, 0.6) is 0 Å². The number of hydrogen-bond acceptors (Lipinski definition) is 7. The van der Waals surface area contributed by atoms with Gasteiger partial charge in [0.2, 0.25) is 0 Å². The van der Waals surface area contributed by atoms with Crippen LogP contribution in [0.25, 0.3) is 17.0 Å². The highest BCUT2D eigenvalue weighted by Crippen LogP contribution is 2.34. The minimum atomic E-state index is -0.371. The SMILES string of the molecule is N/C(=C\N(N)Cc1ccccc1)c1ccnc(-c2cc(N3CCCCC3)ccc2[N+](=O)[O-])c1. The number of nitrogens with two attached hydrogens (primary N) is 2. The Labute approximate surface area is 193 Å². The van der Waals surface area contributed by atoms with Crippen LogP contribution >= 0.6 is 0 Å². The molecule has 4 rings (SSSR count). The Morgan fingerprint density at radius 2 is 1.85 bits per heavy atom. The summed E-state index contributed by atoms with van der Waals surface area (Å²) in [5, 5.41) is 13.2. The number of nitro groups is 1. The van der Waals surface area contributed by atoms with Crippen molar-refractivity contribution in [2.24, 2.45) is 11.6 Å². The van der Waals surface area contributed by atoms with E-state index in [-0.39, 0.29) is 10.6 Å². The van der Waals surface area contributed by atoms with Crippen LogP contribution in [0.4, 0.5) is 11.4 Å². The number of anilines is 1. The number of benzene rings is 2. The van der Waals surface area contributed by atoms with E-state index in [1.165, 1.54) is 11.4 Å². The van der Waals surface area contributed by atoms with Gasteiger partial charge in [-0.05, 0) is 49.1 Å². The van der Waals surface area contributed by atoms with E-state index in [1.54, 1.807) is 30.6 Å². The zero-order chi connectivity index (χ0) is 23.2. The molecule has 0 unspecified atom stereocenters. The summed E-state index contributed by atoms with van der Waals surface area (Å²) < 4.78 is 0. The quantitative estimate of drug-likeness (QED) is 0.317. The molecule has 33 heavy (non-hydrogen) atoms. The van der Waals surface area contributed by atoms with Gasteiger partial charge in [-0.1, -0.05) is 30.3 Å². The van der Waals surface area contributed by atoms with E-state index >= 15 is 0 Å². The van der Waals surface area contributed by atoms with Crippen LogP contribution in [0.1, 0.15) is 30.4 Å². The van der Waals surface area contributed by atoms with E-state index in [2.05, 4.69) is 9.88 Å². The summed E-state index contributed by atoms with van der Waals surface area (Å²) in [5.74, 6) is 6.13. The van der Waals surface area contributed by atoms with Gasteiger partial charge in [-0.2, -0.15) is 0 Å². The predicted molar refractivity (Wildman–Crippen MR) is 131 cm³/mol. The molecular weight excluding hydrogens is 416 g/mol. The highest BCUT2D eigenvalue weighted by Gasteiger charge is 2.20. The summed E-state index contributed by atoms with van der Waals surface area (Å²) in [4.78, 5) is 18.0. The fourth-order valence-electron chi connectivity index (χ4n) is 4.09. The van der Waals surface area contributed by atoms with Crippen molar-refractivity contribution in [2.75, 3.05) is 18.0 Å². The van der Waals surface area contributed by atoms with Crippen molar-refractivity contribution in [1.29, 1.82) is 0 Å². The Hall–Kier alpha value is -3.91. The first-order valence-electron chi connectivity index (χ1n) is 11.0. The zero-order valence-electron chi connectivity index (χ0n) is 18.4. The highest BCUT2D eigenvalue weighted by molar-refractivity contribution is 5.77. The molecule has 0 aliphatic carbocycles. The van der Waals surface area contributed by atoms with Crippen LogP contribution < -0.4 is 16.5 Å². The van der Waals surface area contributed by atoms with Crippen molar-refractivity contribution in [3.63, 3.8) is 0 Å². The van der Waals surface area contributed by atoms with Crippen molar-refractivity contribution in [3.05, 3.63) is 94.3 Å². The van der Waals surface area contributed by atoms with Crippen LogP contribution in [-0.4, -0.2) is 28.0 Å². The summed E-state index contributed by atoms with van der Waals surface area (Å²) in [6, 6.07) is 18.6. The largest absolute Gasteiger partial charge is 0.397 e. The van der Waals surface area contributed by atoms with Gasteiger partial charge in [0.1, 0.15) is 0 Å². The lowest BCUT2D eigenvalue weighted by molar-refractivity contribution is -0.384. The molecule has 0 saturated carbocycles. The van der Waals surface area contributed by atoms with Gasteiger partial charge in [0.25, 0.3) is 5.69 Å². The zero-order valence-corrected chi connectivity index (χ0v) is 18.4. The number of nitrogens with zero attached hydrogens (tertiary/aromatic N) is 4. The number of rotatable bonds is 7. The van der Waals surface area contributed by atoms with Gasteiger partial charge in [-0.25, -0.2) is 5.84 Å². The third kappa shape index (κ3) is 5.48. The Morgan fingerprint density at radius 3 is 2.58 bits per heavy atom. The molecule has 4 N–H and O–H groups in total. The van der Waals surface area contributed by atoms with Gasteiger partial charge < -0.3 is 15.6 Å². The summed E-state index contributed by atoms with van der Waals surface area (Å²) in [7, 11) is 0. The molecule has 0 radical (unpaired) electrons. The van der Waals surface area contributed by atoms with Gasteiger partial charge in [0, 0.05) is 42.8 Å². The Balaban J connectivity index is 1.63. The number of aromatic nitrogens is 1. The lowest BCUT2D eigenvalue weighted by Gasteiger charge is -2.29. The fourth-order valence-corrected chi connectivity index (χ4v) is 4.09. The smallest absolute Gasteiger partial charge is 0.278 e. The van der Waals surface area contributed by atoms with E-state index in [0.717, 1.165) is 37.2 Å². The van der Waals surface area contributed by atoms with Gasteiger partial charge in [-0.3, -0.25) is 15.1 Å². The van der Waals surface area contributed by atoms with Crippen molar-refractivity contribution in [3.8, 4) is 11.3 Å². The minimum Gasteiger partial charge on any atom is -0.397 e. The third-order valence-corrected chi connectivity index (χ3v) is 5.78. The van der Waals surface area contributed by atoms with Crippen LogP contribution in [0, 0.1) is 10.1 Å². The number of piperidine rings is 1. The Bertz CT molecular complexity index is 1140. The maximum absolute atomic E-state index is 11.7. The molecule has 8 nitrogen and oxygen atoms in total. The molecule has 170 valence electrons. The number of pyridine rings is 1. The van der Waals surface area contributed by atoms with Crippen molar-refractivity contribution < 1.29 is 4.92 Å². The average molecular weight is 445 g/mol. The Morgan fingerprint density at radius 1 is 1.09 bits per heavy atom. The first kappa shape index (κ1) is 22.3. The second kappa shape index (κ2) is 10.1. The third-order valence-electron chi connectivity index (χ3n) is 5.78. The summed E-state index contributed by atoms with van der Waals surface area (Å²) >= 11 is 0. The monoisotopic (exact) mass is 444 g/mol. The molecule has 8 heteroatoms. The first-order chi connectivity index (χ1) is 16.0. The number of hydrogen-bond donors (Lipinski definition) is 2. The second-order valence-corrected chi connectivity index (χ2v) is 8.18. The summed E-state index contributed by atoms with van der Waals surface area (Å²) in [6.45, 7) is 2.41. The first-order valence-corrected chi connectivity index (χ1v) is 11.0. The average Bonchev–Trinajstić information content (AvgIpc) is 2.84. The standard InChI is InChI=1S/C25H28N6O2/c26-23(18-30(27)17-19-7-3-1-4-8-19)20-11-12-28-24(15-20)22-16-21(9-10-25(22)31(32)33)29-13-5-2-6-14-29/h1,3-4,7-12,15-16,18H,2,5-6,13-14,17,26-27H2/b23-18-. The summed E-state index contributed by atoms with van der Waals surface area (Å²) in [6.07, 6.45) is 6.74. The molecule has 1 aliphatic heterocycles. The van der Waals surface area contributed by atoms with Gasteiger partial charge >= 0.3 is 0 Å². The predicted octanol–water partition coefficient (Wildman–Crippen LogP) is 4.28. The van der Waals surface area contributed by atoms with Crippen molar-refractivity contribution >= 4 is 17.1 Å². The highest BCUT2D eigenvalue weighted by atomic mass is 16.6. The normalized spacial score (nSPS) is 14.2. The molecule has 0 atom stereocenters. The van der Waals surface area contributed by atoms with E-state index < -0.39 is 0 Å². The topological polar surface area (TPSA) is 115 Å². The van der Waals surface area contributed by atoms with E-state index in [4.69, 9.17) is 11.6 Å². The maximum atomic E-state index is 11.7. The number of hydrazine groups is 1.